The molecule has 2 N–H and O–H groups in total. The summed E-state index contributed by atoms with van der Waals surface area (Å²) in [6, 6.07) is 11.1. The monoisotopic (exact) mass is 267 g/mol. The average molecular weight is 267 g/mol. The molecule has 2 aromatic carbocycles. The summed E-state index contributed by atoms with van der Waals surface area (Å²) in [5.74, 6) is -1.30. The minimum Gasteiger partial charge on any atom is -0.506 e. The van der Waals surface area contributed by atoms with Gasteiger partial charge >= 0.3 is 0 Å². The van der Waals surface area contributed by atoms with E-state index in [1.807, 2.05) is 4.72 Å². The van der Waals surface area contributed by atoms with Crippen molar-refractivity contribution < 1.29 is 17.9 Å². The van der Waals surface area contributed by atoms with Crippen molar-refractivity contribution in [3.63, 3.8) is 0 Å². The summed E-state index contributed by atoms with van der Waals surface area (Å²) in [6.45, 7) is 0. The summed E-state index contributed by atoms with van der Waals surface area (Å²) in [6.07, 6.45) is 0. The third-order valence-corrected chi connectivity index (χ3v) is 3.65. The fourth-order valence-corrected chi connectivity index (χ4v) is 2.51. The zero-order valence-corrected chi connectivity index (χ0v) is 9.99. The average Bonchev–Trinajstić information content (AvgIpc) is 2.35. The summed E-state index contributed by atoms with van der Waals surface area (Å²) in [4.78, 5) is -0.00680. The van der Waals surface area contributed by atoms with E-state index in [2.05, 4.69) is 0 Å². The second kappa shape index (κ2) is 4.66. The molecule has 0 atom stereocenters. The van der Waals surface area contributed by atoms with Crippen LogP contribution >= 0.6 is 0 Å². The molecule has 2 aromatic rings. The molecule has 0 aromatic heterocycles. The number of phenols is 1. The van der Waals surface area contributed by atoms with Gasteiger partial charge in [0.15, 0.2) is 5.82 Å². The molecule has 0 aliphatic heterocycles. The molecule has 6 heteroatoms. The Labute approximate surface area is 104 Å². The van der Waals surface area contributed by atoms with E-state index in [9.17, 15) is 17.9 Å². The third-order valence-electron chi connectivity index (χ3n) is 2.28. The Morgan fingerprint density at radius 1 is 1.00 bits per heavy atom. The van der Waals surface area contributed by atoms with Crippen LogP contribution in [0.2, 0.25) is 0 Å². The van der Waals surface area contributed by atoms with Crippen LogP contribution in [0.25, 0.3) is 0 Å². The van der Waals surface area contributed by atoms with E-state index >= 15 is 0 Å². The Morgan fingerprint density at radius 3 is 2.28 bits per heavy atom. The number of hydrogen-bond acceptors (Lipinski definition) is 3. The number of halogens is 1. The number of sulfonamides is 1. The number of hydrogen-bond donors (Lipinski definition) is 2. The Kier molecular flexibility index (Phi) is 3.20. The number of rotatable bonds is 3. The molecule has 0 fully saturated rings. The first-order valence-corrected chi connectivity index (χ1v) is 6.54. The summed E-state index contributed by atoms with van der Waals surface area (Å²) in [5.41, 5.74) is -0.457. The number of nitrogens with one attached hydrogen (secondary N) is 1. The fraction of sp³-hybridized carbons (Fsp3) is 0. The summed E-state index contributed by atoms with van der Waals surface area (Å²) >= 11 is 0. The van der Waals surface area contributed by atoms with Gasteiger partial charge in [-0.1, -0.05) is 24.3 Å². The van der Waals surface area contributed by atoms with Gasteiger partial charge < -0.3 is 5.11 Å². The molecule has 0 aliphatic rings. The number of aromatic hydroxyl groups is 1. The van der Waals surface area contributed by atoms with Crippen LogP contribution in [0.4, 0.5) is 10.1 Å². The fourth-order valence-electron chi connectivity index (χ4n) is 1.41. The van der Waals surface area contributed by atoms with E-state index in [-0.39, 0.29) is 4.90 Å². The highest BCUT2D eigenvalue weighted by atomic mass is 32.2. The quantitative estimate of drug-likeness (QED) is 0.839. The van der Waals surface area contributed by atoms with Crippen molar-refractivity contribution in [3.05, 3.63) is 54.3 Å². The molecule has 0 saturated carbocycles. The second-order valence-electron chi connectivity index (χ2n) is 3.55. The largest absolute Gasteiger partial charge is 0.506 e. The predicted molar refractivity (Wildman–Crippen MR) is 65.3 cm³/mol. The van der Waals surface area contributed by atoms with Crippen molar-refractivity contribution >= 4 is 15.7 Å². The van der Waals surface area contributed by atoms with Crippen molar-refractivity contribution in [1.29, 1.82) is 0 Å². The van der Waals surface area contributed by atoms with Gasteiger partial charge in [0.25, 0.3) is 10.0 Å². The van der Waals surface area contributed by atoms with Crippen molar-refractivity contribution in [2.45, 2.75) is 4.90 Å². The molecule has 0 radical (unpaired) electrons. The Morgan fingerprint density at radius 2 is 1.67 bits per heavy atom. The highest BCUT2D eigenvalue weighted by molar-refractivity contribution is 7.92. The lowest BCUT2D eigenvalue weighted by Gasteiger charge is -2.10. The van der Waals surface area contributed by atoms with E-state index < -0.39 is 27.3 Å². The van der Waals surface area contributed by atoms with E-state index in [1.165, 1.54) is 24.3 Å². The molecule has 0 bridgehead atoms. The number of phenolic OH excluding ortho intramolecular Hbond substituents is 1. The first-order chi connectivity index (χ1) is 8.50. The lowest BCUT2D eigenvalue weighted by molar-refractivity contribution is 0.472. The molecule has 18 heavy (non-hydrogen) atoms. The van der Waals surface area contributed by atoms with Gasteiger partial charge in [0, 0.05) is 0 Å². The van der Waals surface area contributed by atoms with Gasteiger partial charge in [-0.2, -0.15) is 0 Å². The van der Waals surface area contributed by atoms with E-state index in [4.69, 9.17) is 0 Å². The Bertz CT molecular complexity index is 636. The first kappa shape index (κ1) is 12.4. The predicted octanol–water partition coefficient (Wildman–Crippen LogP) is 2.33. The van der Waals surface area contributed by atoms with Crippen LogP contribution in [-0.2, 0) is 10.0 Å². The number of anilines is 1. The van der Waals surface area contributed by atoms with Gasteiger partial charge in [-0.3, -0.25) is 4.72 Å². The Balaban J connectivity index is 2.41. The minimum absolute atomic E-state index is 0.00680. The normalized spacial score (nSPS) is 11.2. The Hall–Kier alpha value is -2.08. The van der Waals surface area contributed by atoms with Crippen LogP contribution in [0.1, 0.15) is 0 Å². The van der Waals surface area contributed by atoms with Gasteiger partial charge in [0.2, 0.25) is 0 Å². The van der Waals surface area contributed by atoms with E-state index in [1.54, 1.807) is 18.2 Å². The molecule has 2 rings (SSSR count). The highest BCUT2D eigenvalue weighted by Gasteiger charge is 2.18. The topological polar surface area (TPSA) is 66.4 Å². The van der Waals surface area contributed by atoms with Crippen molar-refractivity contribution in [3.8, 4) is 5.75 Å². The lowest BCUT2D eigenvalue weighted by atomic mass is 10.3. The van der Waals surface area contributed by atoms with Crippen LogP contribution in [0.15, 0.2) is 53.4 Å². The third kappa shape index (κ3) is 2.43. The van der Waals surface area contributed by atoms with Gasteiger partial charge in [-0.25, -0.2) is 12.8 Å². The zero-order valence-electron chi connectivity index (χ0n) is 9.17. The van der Waals surface area contributed by atoms with Crippen LogP contribution < -0.4 is 4.72 Å². The summed E-state index contributed by atoms with van der Waals surface area (Å²) in [7, 11) is -3.91. The molecule has 0 heterocycles. The van der Waals surface area contributed by atoms with Crippen molar-refractivity contribution in [2.75, 3.05) is 4.72 Å². The minimum atomic E-state index is -3.91. The maximum Gasteiger partial charge on any atom is 0.262 e. The molecule has 94 valence electrons. The zero-order chi connectivity index (χ0) is 13.2. The van der Waals surface area contributed by atoms with Gasteiger partial charge in [-0.05, 0) is 24.3 Å². The van der Waals surface area contributed by atoms with E-state index in [0.29, 0.717) is 0 Å². The molecular formula is C12H10FNO3S. The highest BCUT2D eigenvalue weighted by Crippen LogP contribution is 2.28. The first-order valence-electron chi connectivity index (χ1n) is 5.06. The van der Waals surface area contributed by atoms with Crippen LogP contribution in [0.3, 0.4) is 0 Å². The number of para-hydroxylation sites is 1. The molecule has 0 amide bonds. The standard InChI is InChI=1S/C12H10FNO3S/c13-10-7-4-8-11(15)12(10)14-18(16,17)9-5-2-1-3-6-9/h1-8,14-15H. The maximum atomic E-state index is 13.4. The van der Waals surface area contributed by atoms with Crippen molar-refractivity contribution in [1.82, 2.24) is 0 Å². The van der Waals surface area contributed by atoms with Gasteiger partial charge in [0.1, 0.15) is 11.4 Å². The molecule has 0 unspecified atom stereocenters. The van der Waals surface area contributed by atoms with Crippen LogP contribution in [0, 0.1) is 5.82 Å². The molecule has 0 aliphatic carbocycles. The number of benzene rings is 2. The smallest absolute Gasteiger partial charge is 0.262 e. The maximum absolute atomic E-state index is 13.4. The van der Waals surface area contributed by atoms with E-state index in [0.717, 1.165) is 6.07 Å². The molecular weight excluding hydrogens is 257 g/mol. The molecule has 0 saturated heterocycles. The lowest BCUT2D eigenvalue weighted by Crippen LogP contribution is -2.13. The van der Waals surface area contributed by atoms with Gasteiger partial charge in [-0.15, -0.1) is 0 Å². The van der Waals surface area contributed by atoms with Crippen LogP contribution in [-0.4, -0.2) is 13.5 Å². The second-order valence-corrected chi connectivity index (χ2v) is 5.23. The SMILES string of the molecule is O=S(=O)(Nc1c(O)cccc1F)c1ccccc1. The summed E-state index contributed by atoms with van der Waals surface area (Å²) in [5, 5.41) is 9.43. The molecule has 4 nitrogen and oxygen atoms in total. The molecule has 0 spiro atoms. The van der Waals surface area contributed by atoms with Crippen LogP contribution in [0.5, 0.6) is 5.75 Å². The van der Waals surface area contributed by atoms with Crippen molar-refractivity contribution in [2.24, 2.45) is 0 Å². The van der Waals surface area contributed by atoms with Gasteiger partial charge in [0.05, 0.1) is 4.90 Å². The summed E-state index contributed by atoms with van der Waals surface area (Å²) < 4.78 is 39.3.